The van der Waals surface area contributed by atoms with Gasteiger partial charge in [0.05, 0.1) is 5.69 Å². The van der Waals surface area contributed by atoms with E-state index in [1.54, 1.807) is 6.07 Å². The van der Waals surface area contributed by atoms with Crippen LogP contribution in [0, 0.1) is 12.7 Å². The summed E-state index contributed by atoms with van der Waals surface area (Å²) in [6.45, 7) is 4.85. The van der Waals surface area contributed by atoms with Crippen LogP contribution in [0.5, 0.6) is 0 Å². The summed E-state index contributed by atoms with van der Waals surface area (Å²) in [5, 5.41) is 0. The van der Waals surface area contributed by atoms with Crippen molar-refractivity contribution < 1.29 is 4.39 Å². The number of hydrogen-bond donors (Lipinski definition) is 1. The largest absolute Gasteiger partial charge is 0.396 e. The van der Waals surface area contributed by atoms with Gasteiger partial charge in [-0.25, -0.2) is 4.39 Å². The Hall–Kier alpha value is -2.03. The van der Waals surface area contributed by atoms with Crippen molar-refractivity contribution in [1.82, 2.24) is 0 Å². The van der Waals surface area contributed by atoms with Gasteiger partial charge < -0.3 is 10.6 Å². The maximum absolute atomic E-state index is 13.5. The fourth-order valence-electron chi connectivity index (χ4n) is 1.99. The minimum atomic E-state index is -0.376. The highest BCUT2D eigenvalue weighted by atomic mass is 19.1. The fourth-order valence-corrected chi connectivity index (χ4v) is 1.99. The zero-order valence-corrected chi connectivity index (χ0v) is 10.7. The molecule has 0 heterocycles. The molecule has 2 nitrogen and oxygen atoms in total. The molecule has 18 heavy (non-hydrogen) atoms. The molecule has 0 saturated carbocycles. The summed E-state index contributed by atoms with van der Waals surface area (Å²) in [4.78, 5) is 2.05. The van der Waals surface area contributed by atoms with Gasteiger partial charge in [-0.05, 0) is 49.7 Å². The number of nitrogens with zero attached hydrogens (tertiary/aromatic N) is 1. The average Bonchev–Trinajstić information content (AvgIpc) is 2.35. The molecule has 2 N–H and O–H groups in total. The molecule has 2 aromatic rings. The maximum atomic E-state index is 13.5. The highest BCUT2D eigenvalue weighted by Crippen LogP contribution is 2.27. The van der Waals surface area contributed by atoms with Crippen LogP contribution in [0.25, 0.3) is 0 Å². The van der Waals surface area contributed by atoms with Gasteiger partial charge >= 0.3 is 0 Å². The lowest BCUT2D eigenvalue weighted by Crippen LogP contribution is -2.16. The van der Waals surface area contributed by atoms with Crippen molar-refractivity contribution in [3.05, 3.63) is 53.8 Å². The van der Waals surface area contributed by atoms with E-state index in [0.29, 0.717) is 0 Å². The van der Waals surface area contributed by atoms with Crippen LogP contribution < -0.4 is 10.6 Å². The maximum Gasteiger partial charge on any atom is 0.148 e. The van der Waals surface area contributed by atoms with E-state index in [1.165, 1.54) is 11.6 Å². The number of anilines is 3. The predicted molar refractivity (Wildman–Crippen MR) is 74.7 cm³/mol. The zero-order valence-electron chi connectivity index (χ0n) is 10.7. The molecule has 0 unspecified atom stereocenters. The average molecular weight is 244 g/mol. The Bertz CT molecular complexity index is 552. The van der Waals surface area contributed by atoms with Crippen molar-refractivity contribution in [2.75, 3.05) is 17.2 Å². The van der Waals surface area contributed by atoms with Crippen LogP contribution in [-0.2, 0) is 0 Å². The topological polar surface area (TPSA) is 29.3 Å². The van der Waals surface area contributed by atoms with E-state index in [9.17, 15) is 4.39 Å². The lowest BCUT2D eigenvalue weighted by atomic mass is 10.2. The second kappa shape index (κ2) is 5.08. The Morgan fingerprint density at radius 2 is 1.83 bits per heavy atom. The summed E-state index contributed by atoms with van der Waals surface area (Å²) in [6, 6.07) is 13.1. The zero-order chi connectivity index (χ0) is 13.1. The number of rotatable bonds is 3. The van der Waals surface area contributed by atoms with Gasteiger partial charge in [0.1, 0.15) is 5.82 Å². The van der Waals surface area contributed by atoms with E-state index >= 15 is 0 Å². The Morgan fingerprint density at radius 1 is 1.11 bits per heavy atom. The van der Waals surface area contributed by atoms with Gasteiger partial charge in [-0.1, -0.05) is 12.1 Å². The summed E-state index contributed by atoms with van der Waals surface area (Å²) in [6.07, 6.45) is 0. The highest BCUT2D eigenvalue weighted by molar-refractivity contribution is 5.65. The van der Waals surface area contributed by atoms with Crippen molar-refractivity contribution in [3.8, 4) is 0 Å². The second-order valence-corrected chi connectivity index (χ2v) is 4.29. The third-order valence-electron chi connectivity index (χ3n) is 2.93. The Labute approximate surface area is 107 Å². The third kappa shape index (κ3) is 2.45. The van der Waals surface area contributed by atoms with Crippen molar-refractivity contribution in [1.29, 1.82) is 0 Å². The van der Waals surface area contributed by atoms with Crippen molar-refractivity contribution in [2.24, 2.45) is 0 Å². The molecule has 0 amide bonds. The van der Waals surface area contributed by atoms with E-state index in [1.807, 2.05) is 38.1 Å². The van der Waals surface area contributed by atoms with E-state index < -0.39 is 0 Å². The van der Waals surface area contributed by atoms with Crippen LogP contribution in [0.2, 0.25) is 0 Å². The normalized spacial score (nSPS) is 10.4. The Morgan fingerprint density at radius 3 is 2.44 bits per heavy atom. The number of benzene rings is 2. The first kappa shape index (κ1) is 12.4. The molecule has 0 fully saturated rings. The van der Waals surface area contributed by atoms with Gasteiger partial charge in [0.25, 0.3) is 0 Å². The van der Waals surface area contributed by atoms with Crippen molar-refractivity contribution >= 4 is 17.1 Å². The van der Waals surface area contributed by atoms with Crippen LogP contribution in [0.15, 0.2) is 42.5 Å². The smallest absolute Gasteiger partial charge is 0.148 e. The molecule has 0 aliphatic heterocycles. The SMILES string of the molecule is CCN(c1cccc(C)c1)c1ccc(N)c(F)c1. The first-order valence-corrected chi connectivity index (χ1v) is 6.01. The number of nitrogens with two attached hydrogens (primary N) is 1. The summed E-state index contributed by atoms with van der Waals surface area (Å²) in [7, 11) is 0. The van der Waals surface area contributed by atoms with Crippen molar-refractivity contribution in [3.63, 3.8) is 0 Å². The van der Waals surface area contributed by atoms with Gasteiger partial charge in [0, 0.05) is 17.9 Å². The van der Waals surface area contributed by atoms with Crippen molar-refractivity contribution in [2.45, 2.75) is 13.8 Å². The molecule has 0 aromatic heterocycles. The summed E-state index contributed by atoms with van der Waals surface area (Å²) in [5.41, 5.74) is 8.73. The molecule has 0 aliphatic carbocycles. The molecule has 0 bridgehead atoms. The molecular weight excluding hydrogens is 227 g/mol. The highest BCUT2D eigenvalue weighted by Gasteiger charge is 2.09. The molecule has 0 aliphatic rings. The second-order valence-electron chi connectivity index (χ2n) is 4.29. The number of halogens is 1. The first-order valence-electron chi connectivity index (χ1n) is 6.01. The van der Waals surface area contributed by atoms with Crippen LogP contribution in [-0.4, -0.2) is 6.54 Å². The molecule has 2 aromatic carbocycles. The van der Waals surface area contributed by atoms with Gasteiger partial charge in [0.2, 0.25) is 0 Å². The Balaban J connectivity index is 2.42. The van der Waals surface area contributed by atoms with E-state index in [0.717, 1.165) is 17.9 Å². The standard InChI is InChI=1S/C15H17FN2/c1-3-18(12-6-4-5-11(2)9-12)13-7-8-15(17)14(16)10-13/h4-10H,3,17H2,1-2H3. The van der Waals surface area contributed by atoms with Gasteiger partial charge in [-0.3, -0.25) is 0 Å². The minimum Gasteiger partial charge on any atom is -0.396 e. The Kier molecular flexibility index (Phi) is 3.51. The molecule has 0 radical (unpaired) electrons. The number of hydrogen-bond acceptors (Lipinski definition) is 2. The fraction of sp³-hybridized carbons (Fsp3) is 0.200. The predicted octanol–water partition coefficient (Wildman–Crippen LogP) is 3.87. The first-order chi connectivity index (χ1) is 8.61. The van der Waals surface area contributed by atoms with Gasteiger partial charge in [0.15, 0.2) is 0 Å². The molecule has 0 spiro atoms. The quantitative estimate of drug-likeness (QED) is 0.830. The lowest BCUT2D eigenvalue weighted by Gasteiger charge is -2.24. The summed E-state index contributed by atoms with van der Waals surface area (Å²) in [5.74, 6) is -0.376. The molecule has 3 heteroatoms. The van der Waals surface area contributed by atoms with E-state index in [2.05, 4.69) is 11.0 Å². The monoisotopic (exact) mass is 244 g/mol. The molecule has 2 rings (SSSR count). The number of aryl methyl sites for hydroxylation is 1. The molecular formula is C15H17FN2. The van der Waals surface area contributed by atoms with Gasteiger partial charge in [-0.2, -0.15) is 0 Å². The molecule has 0 saturated heterocycles. The van der Waals surface area contributed by atoms with Gasteiger partial charge in [-0.15, -0.1) is 0 Å². The number of nitrogen functional groups attached to an aromatic ring is 1. The summed E-state index contributed by atoms with van der Waals surface area (Å²) >= 11 is 0. The van der Waals surface area contributed by atoms with E-state index in [-0.39, 0.29) is 11.5 Å². The van der Waals surface area contributed by atoms with Crippen LogP contribution in [0.4, 0.5) is 21.5 Å². The van der Waals surface area contributed by atoms with Crippen LogP contribution >= 0.6 is 0 Å². The molecule has 0 atom stereocenters. The lowest BCUT2D eigenvalue weighted by molar-refractivity contribution is 0.632. The summed E-state index contributed by atoms with van der Waals surface area (Å²) < 4.78 is 13.5. The van der Waals surface area contributed by atoms with E-state index in [4.69, 9.17) is 5.73 Å². The van der Waals surface area contributed by atoms with Crippen LogP contribution in [0.1, 0.15) is 12.5 Å². The van der Waals surface area contributed by atoms with Crippen LogP contribution in [0.3, 0.4) is 0 Å². The molecule has 94 valence electrons. The third-order valence-corrected chi connectivity index (χ3v) is 2.93. The minimum absolute atomic E-state index is 0.180.